The van der Waals surface area contributed by atoms with E-state index in [1.807, 2.05) is 46.7 Å². The van der Waals surface area contributed by atoms with Gasteiger partial charge in [0.15, 0.2) is 5.82 Å². The molecule has 1 atom stereocenters. The molecule has 0 N–H and O–H groups in total. The predicted molar refractivity (Wildman–Crippen MR) is 93.4 cm³/mol. The van der Waals surface area contributed by atoms with Crippen molar-refractivity contribution in [3.05, 3.63) is 53.2 Å². The minimum Gasteiger partial charge on any atom is -0.497 e. The van der Waals surface area contributed by atoms with Gasteiger partial charge in [0.1, 0.15) is 5.75 Å². The Balaban J connectivity index is 1.44. The molecular formula is C18H17N3O3S. The van der Waals surface area contributed by atoms with Crippen LogP contribution in [0.1, 0.15) is 23.7 Å². The van der Waals surface area contributed by atoms with Crippen LogP contribution in [0.4, 0.5) is 0 Å². The van der Waals surface area contributed by atoms with E-state index in [0.29, 0.717) is 31.2 Å². The van der Waals surface area contributed by atoms with Crippen molar-refractivity contribution in [3.63, 3.8) is 0 Å². The van der Waals surface area contributed by atoms with E-state index < -0.39 is 0 Å². The summed E-state index contributed by atoms with van der Waals surface area (Å²) in [6, 6.07) is 11.6. The first-order valence-corrected chi connectivity index (χ1v) is 8.89. The molecule has 128 valence electrons. The van der Waals surface area contributed by atoms with Crippen molar-refractivity contribution in [3.8, 4) is 16.5 Å². The topological polar surface area (TPSA) is 68.5 Å². The van der Waals surface area contributed by atoms with Crippen molar-refractivity contribution in [1.82, 2.24) is 15.0 Å². The molecular weight excluding hydrogens is 338 g/mol. The van der Waals surface area contributed by atoms with Gasteiger partial charge in [-0.15, -0.1) is 11.3 Å². The molecule has 1 aliphatic rings. The fraction of sp³-hybridized carbons (Fsp3) is 0.278. The molecule has 0 saturated carbocycles. The number of hydrogen-bond donors (Lipinski definition) is 0. The van der Waals surface area contributed by atoms with E-state index in [4.69, 9.17) is 9.26 Å². The van der Waals surface area contributed by atoms with E-state index in [-0.39, 0.29) is 11.8 Å². The van der Waals surface area contributed by atoms with Crippen LogP contribution in [0.2, 0.25) is 0 Å². The van der Waals surface area contributed by atoms with E-state index in [1.165, 1.54) is 0 Å². The highest BCUT2D eigenvalue weighted by molar-refractivity contribution is 7.13. The second-order valence-corrected chi connectivity index (χ2v) is 6.91. The monoisotopic (exact) mass is 355 g/mol. The smallest absolute Gasteiger partial charge is 0.267 e. The third-order valence-electron chi connectivity index (χ3n) is 4.29. The van der Waals surface area contributed by atoms with Crippen LogP contribution < -0.4 is 4.74 Å². The number of rotatable bonds is 5. The van der Waals surface area contributed by atoms with Crippen LogP contribution in [0.25, 0.3) is 10.8 Å². The molecule has 25 heavy (non-hydrogen) atoms. The Morgan fingerprint density at radius 3 is 2.88 bits per heavy atom. The molecule has 1 amide bonds. The van der Waals surface area contributed by atoms with Crippen molar-refractivity contribution in [1.29, 1.82) is 0 Å². The summed E-state index contributed by atoms with van der Waals surface area (Å²) in [5, 5.41) is 6.05. The van der Waals surface area contributed by atoms with Crippen LogP contribution in [0.15, 0.2) is 46.3 Å². The van der Waals surface area contributed by atoms with Crippen LogP contribution in [0, 0.1) is 0 Å². The number of methoxy groups -OCH3 is 1. The lowest BCUT2D eigenvalue weighted by molar-refractivity contribution is -0.128. The van der Waals surface area contributed by atoms with E-state index in [1.54, 1.807) is 18.4 Å². The van der Waals surface area contributed by atoms with Gasteiger partial charge in [0.05, 0.1) is 12.0 Å². The minimum absolute atomic E-state index is 0.0248. The molecule has 1 fully saturated rings. The van der Waals surface area contributed by atoms with Crippen molar-refractivity contribution < 1.29 is 14.1 Å². The number of ether oxygens (including phenoxy) is 1. The van der Waals surface area contributed by atoms with Gasteiger partial charge in [-0.25, -0.2) is 0 Å². The standard InChI is InChI=1S/C18H17N3O3S/c1-23-14-6-4-12(5-7-14)10-21-11-13(9-16(21)22)17-19-18(24-20-17)15-3-2-8-25-15/h2-8,13H,9-11H2,1H3. The highest BCUT2D eigenvalue weighted by Gasteiger charge is 2.33. The first-order valence-electron chi connectivity index (χ1n) is 8.01. The van der Waals surface area contributed by atoms with E-state index in [2.05, 4.69) is 10.1 Å². The molecule has 0 spiro atoms. The van der Waals surface area contributed by atoms with Gasteiger partial charge >= 0.3 is 0 Å². The number of amides is 1. The van der Waals surface area contributed by atoms with Gasteiger partial charge in [0.25, 0.3) is 5.89 Å². The number of benzene rings is 1. The number of carbonyl (C=O) groups excluding carboxylic acids is 1. The van der Waals surface area contributed by atoms with Gasteiger partial charge in [0.2, 0.25) is 5.91 Å². The molecule has 3 heterocycles. The largest absolute Gasteiger partial charge is 0.497 e. The lowest BCUT2D eigenvalue weighted by Crippen LogP contribution is -2.24. The summed E-state index contributed by atoms with van der Waals surface area (Å²) in [5.74, 6) is 2.02. The lowest BCUT2D eigenvalue weighted by atomic mass is 10.1. The summed E-state index contributed by atoms with van der Waals surface area (Å²) in [4.78, 5) is 19.6. The van der Waals surface area contributed by atoms with Crippen LogP contribution >= 0.6 is 11.3 Å². The van der Waals surface area contributed by atoms with Crippen LogP contribution in [-0.2, 0) is 11.3 Å². The van der Waals surface area contributed by atoms with Gasteiger partial charge < -0.3 is 14.2 Å². The average molecular weight is 355 g/mol. The third-order valence-corrected chi connectivity index (χ3v) is 5.14. The first-order chi connectivity index (χ1) is 12.2. The summed E-state index contributed by atoms with van der Waals surface area (Å²) < 4.78 is 10.5. The van der Waals surface area contributed by atoms with Gasteiger partial charge in [-0.3, -0.25) is 4.79 Å². The first kappa shape index (κ1) is 15.8. The van der Waals surface area contributed by atoms with Gasteiger partial charge in [-0.2, -0.15) is 4.98 Å². The zero-order chi connectivity index (χ0) is 17.2. The van der Waals surface area contributed by atoms with E-state index in [0.717, 1.165) is 16.2 Å². The summed E-state index contributed by atoms with van der Waals surface area (Å²) in [6.45, 7) is 1.18. The molecule has 0 radical (unpaired) electrons. The molecule has 7 heteroatoms. The Labute approximate surface area is 149 Å². The molecule has 6 nitrogen and oxygen atoms in total. The normalized spacial score (nSPS) is 17.2. The van der Waals surface area contributed by atoms with Crippen molar-refractivity contribution >= 4 is 17.2 Å². The second kappa shape index (κ2) is 6.68. The molecule has 1 aromatic carbocycles. The molecule has 1 aliphatic heterocycles. The Bertz CT molecular complexity index is 858. The quantitative estimate of drug-likeness (QED) is 0.702. The summed E-state index contributed by atoms with van der Waals surface area (Å²) in [6.07, 6.45) is 0.416. The molecule has 0 bridgehead atoms. The van der Waals surface area contributed by atoms with Crippen LogP contribution in [0.5, 0.6) is 5.75 Å². The predicted octanol–water partition coefficient (Wildman–Crippen LogP) is 3.32. The number of carbonyl (C=O) groups is 1. The summed E-state index contributed by atoms with van der Waals surface area (Å²) in [7, 11) is 1.64. The highest BCUT2D eigenvalue weighted by Crippen LogP contribution is 2.30. The zero-order valence-corrected chi connectivity index (χ0v) is 14.5. The Morgan fingerprint density at radius 1 is 1.32 bits per heavy atom. The number of likely N-dealkylation sites (tertiary alicyclic amines) is 1. The third kappa shape index (κ3) is 3.28. The van der Waals surface area contributed by atoms with E-state index in [9.17, 15) is 4.79 Å². The number of nitrogens with zero attached hydrogens (tertiary/aromatic N) is 3. The highest BCUT2D eigenvalue weighted by atomic mass is 32.1. The Kier molecular flexibility index (Phi) is 4.23. The molecule has 2 aromatic heterocycles. The van der Waals surface area contributed by atoms with Gasteiger partial charge in [-0.05, 0) is 29.1 Å². The fourth-order valence-electron chi connectivity index (χ4n) is 2.95. The Morgan fingerprint density at radius 2 is 2.16 bits per heavy atom. The molecule has 3 aromatic rings. The minimum atomic E-state index is -0.0248. The molecule has 4 rings (SSSR count). The molecule has 1 unspecified atom stereocenters. The Hall–Kier alpha value is -2.67. The summed E-state index contributed by atoms with van der Waals surface area (Å²) in [5.41, 5.74) is 1.07. The molecule has 0 aliphatic carbocycles. The number of aromatic nitrogens is 2. The van der Waals surface area contributed by atoms with Gasteiger partial charge in [-0.1, -0.05) is 23.4 Å². The van der Waals surface area contributed by atoms with Crippen LogP contribution in [0.3, 0.4) is 0 Å². The zero-order valence-electron chi connectivity index (χ0n) is 13.7. The maximum absolute atomic E-state index is 12.3. The average Bonchev–Trinajstić information content (AvgIpc) is 3.36. The maximum Gasteiger partial charge on any atom is 0.267 e. The maximum atomic E-state index is 12.3. The fourth-order valence-corrected chi connectivity index (χ4v) is 3.59. The SMILES string of the molecule is COc1ccc(CN2CC(c3noc(-c4cccs4)n3)CC2=O)cc1. The number of thiophene rings is 1. The lowest BCUT2D eigenvalue weighted by Gasteiger charge is -2.16. The van der Waals surface area contributed by atoms with Crippen molar-refractivity contribution in [2.24, 2.45) is 0 Å². The van der Waals surface area contributed by atoms with Gasteiger partial charge in [0, 0.05) is 25.4 Å². The van der Waals surface area contributed by atoms with Crippen LogP contribution in [-0.4, -0.2) is 34.6 Å². The summed E-state index contributed by atoms with van der Waals surface area (Å²) >= 11 is 1.55. The molecule has 1 saturated heterocycles. The van der Waals surface area contributed by atoms with Crippen molar-refractivity contribution in [2.75, 3.05) is 13.7 Å². The van der Waals surface area contributed by atoms with Crippen molar-refractivity contribution in [2.45, 2.75) is 18.9 Å². The second-order valence-electron chi connectivity index (χ2n) is 5.96. The van der Waals surface area contributed by atoms with E-state index >= 15 is 0 Å². The number of hydrogen-bond acceptors (Lipinski definition) is 6.